The molecule has 0 heterocycles. The first-order valence-corrected chi connectivity index (χ1v) is 8.29. The quantitative estimate of drug-likeness (QED) is 0.533. The van der Waals surface area contributed by atoms with Crippen LogP contribution in [-0.2, 0) is 4.79 Å². The molecule has 1 aliphatic rings. The lowest BCUT2D eigenvalue weighted by atomic mass is 10.0. The van der Waals surface area contributed by atoms with Crippen molar-refractivity contribution in [3.05, 3.63) is 0 Å². The van der Waals surface area contributed by atoms with Crippen molar-refractivity contribution in [3.8, 4) is 0 Å². The summed E-state index contributed by atoms with van der Waals surface area (Å²) in [6.45, 7) is 4.98. The summed E-state index contributed by atoms with van der Waals surface area (Å²) in [5.74, 6) is 0.179. The highest BCUT2D eigenvalue weighted by atomic mass is 16.2. The van der Waals surface area contributed by atoms with Crippen LogP contribution in [0.15, 0.2) is 0 Å². The molecule has 1 fully saturated rings. The van der Waals surface area contributed by atoms with E-state index in [1.165, 1.54) is 64.2 Å². The van der Waals surface area contributed by atoms with Gasteiger partial charge in [0.15, 0.2) is 0 Å². The van der Waals surface area contributed by atoms with Crippen molar-refractivity contribution in [1.82, 2.24) is 10.6 Å². The maximum atomic E-state index is 11.7. The second kappa shape index (κ2) is 10.2. The minimum atomic E-state index is 0.179. The summed E-state index contributed by atoms with van der Waals surface area (Å²) in [6, 6.07) is 1.01. The average Bonchev–Trinajstić information content (AvgIpc) is 3.19. The Morgan fingerprint density at radius 3 is 2.11 bits per heavy atom. The molecule has 112 valence electrons. The largest absolute Gasteiger partial charge is 0.352 e. The van der Waals surface area contributed by atoms with Crippen molar-refractivity contribution in [3.63, 3.8) is 0 Å². The molecule has 0 spiro atoms. The van der Waals surface area contributed by atoms with Gasteiger partial charge in [0.2, 0.25) is 5.91 Å². The van der Waals surface area contributed by atoms with E-state index in [0.717, 1.165) is 0 Å². The standard InChI is InChI=1S/C16H32N2O/c1-3-5-7-9-14(10-8-6-4-2)17-13-16(19)18-15-11-12-15/h14-15,17H,3-13H2,1-2H3,(H,18,19). The van der Waals surface area contributed by atoms with Crippen LogP contribution in [0.1, 0.15) is 78.1 Å². The Labute approximate surface area is 118 Å². The lowest BCUT2D eigenvalue weighted by Gasteiger charge is -2.18. The second-order valence-electron chi connectivity index (χ2n) is 5.91. The molecule has 1 aliphatic carbocycles. The van der Waals surface area contributed by atoms with Gasteiger partial charge in [0.05, 0.1) is 6.54 Å². The summed E-state index contributed by atoms with van der Waals surface area (Å²) >= 11 is 0. The Bertz CT molecular complexity index is 229. The zero-order chi connectivity index (χ0) is 13.9. The second-order valence-corrected chi connectivity index (χ2v) is 5.91. The van der Waals surface area contributed by atoms with E-state index >= 15 is 0 Å². The maximum Gasteiger partial charge on any atom is 0.234 e. The van der Waals surface area contributed by atoms with Gasteiger partial charge < -0.3 is 10.6 Å². The fraction of sp³-hybridized carbons (Fsp3) is 0.938. The molecular weight excluding hydrogens is 236 g/mol. The Balaban J connectivity index is 2.15. The summed E-state index contributed by atoms with van der Waals surface area (Å²) in [6.07, 6.45) is 12.5. The number of hydrogen-bond donors (Lipinski definition) is 2. The first-order valence-electron chi connectivity index (χ1n) is 8.29. The fourth-order valence-electron chi connectivity index (χ4n) is 2.37. The number of hydrogen-bond acceptors (Lipinski definition) is 2. The zero-order valence-electron chi connectivity index (χ0n) is 12.8. The van der Waals surface area contributed by atoms with Crippen LogP contribution in [0.5, 0.6) is 0 Å². The summed E-state index contributed by atoms with van der Waals surface area (Å²) in [7, 11) is 0. The third-order valence-electron chi connectivity index (χ3n) is 3.81. The van der Waals surface area contributed by atoms with Crippen LogP contribution in [0.25, 0.3) is 0 Å². The van der Waals surface area contributed by atoms with Gasteiger partial charge in [-0.25, -0.2) is 0 Å². The van der Waals surface area contributed by atoms with Crippen LogP contribution >= 0.6 is 0 Å². The highest BCUT2D eigenvalue weighted by Gasteiger charge is 2.23. The van der Waals surface area contributed by atoms with Gasteiger partial charge in [0.25, 0.3) is 0 Å². The topological polar surface area (TPSA) is 41.1 Å². The molecule has 0 unspecified atom stereocenters. The van der Waals surface area contributed by atoms with E-state index in [1.807, 2.05) is 0 Å². The summed E-state index contributed by atoms with van der Waals surface area (Å²) in [5.41, 5.74) is 0. The first kappa shape index (κ1) is 16.5. The van der Waals surface area contributed by atoms with Crippen LogP contribution < -0.4 is 10.6 Å². The van der Waals surface area contributed by atoms with Crippen molar-refractivity contribution in [2.45, 2.75) is 90.1 Å². The van der Waals surface area contributed by atoms with Gasteiger partial charge in [0.1, 0.15) is 0 Å². The van der Waals surface area contributed by atoms with Crippen LogP contribution in [0.2, 0.25) is 0 Å². The molecule has 0 radical (unpaired) electrons. The van der Waals surface area contributed by atoms with Gasteiger partial charge in [-0.15, -0.1) is 0 Å². The van der Waals surface area contributed by atoms with Crippen molar-refractivity contribution in [2.75, 3.05) is 6.54 Å². The van der Waals surface area contributed by atoms with E-state index in [4.69, 9.17) is 0 Å². The minimum absolute atomic E-state index is 0.179. The minimum Gasteiger partial charge on any atom is -0.352 e. The molecule has 1 saturated carbocycles. The summed E-state index contributed by atoms with van der Waals surface area (Å²) in [5, 5.41) is 6.50. The predicted octanol–water partition coefficient (Wildman–Crippen LogP) is 3.38. The van der Waals surface area contributed by atoms with Crippen molar-refractivity contribution >= 4 is 5.91 Å². The van der Waals surface area contributed by atoms with E-state index in [-0.39, 0.29) is 5.91 Å². The summed E-state index contributed by atoms with van der Waals surface area (Å²) in [4.78, 5) is 11.7. The molecule has 0 aromatic heterocycles. The van der Waals surface area contributed by atoms with Gasteiger partial charge in [-0.2, -0.15) is 0 Å². The van der Waals surface area contributed by atoms with Crippen molar-refractivity contribution in [2.24, 2.45) is 0 Å². The molecule has 1 rings (SSSR count). The van der Waals surface area contributed by atoms with Gasteiger partial charge in [0, 0.05) is 12.1 Å². The van der Waals surface area contributed by atoms with Gasteiger partial charge >= 0.3 is 0 Å². The number of carbonyl (C=O) groups is 1. The lowest BCUT2D eigenvalue weighted by molar-refractivity contribution is -0.120. The number of amides is 1. The molecule has 0 aliphatic heterocycles. The summed E-state index contributed by atoms with van der Waals surface area (Å²) < 4.78 is 0. The lowest BCUT2D eigenvalue weighted by Crippen LogP contribution is -2.40. The Hall–Kier alpha value is -0.570. The highest BCUT2D eigenvalue weighted by Crippen LogP contribution is 2.18. The zero-order valence-corrected chi connectivity index (χ0v) is 12.8. The molecular formula is C16H32N2O. The third kappa shape index (κ3) is 9.04. The Morgan fingerprint density at radius 1 is 1.05 bits per heavy atom. The molecule has 0 aromatic rings. The predicted molar refractivity (Wildman–Crippen MR) is 81.2 cm³/mol. The van der Waals surface area contributed by atoms with Crippen molar-refractivity contribution < 1.29 is 4.79 Å². The Kier molecular flexibility index (Phi) is 8.89. The molecule has 0 atom stereocenters. The van der Waals surface area contributed by atoms with Gasteiger partial charge in [-0.3, -0.25) is 4.79 Å². The molecule has 19 heavy (non-hydrogen) atoms. The van der Waals surface area contributed by atoms with Crippen LogP contribution in [0.3, 0.4) is 0 Å². The third-order valence-corrected chi connectivity index (χ3v) is 3.81. The van der Waals surface area contributed by atoms with Gasteiger partial charge in [-0.05, 0) is 25.7 Å². The number of unbranched alkanes of at least 4 members (excludes halogenated alkanes) is 4. The van der Waals surface area contributed by atoms with E-state index in [2.05, 4.69) is 24.5 Å². The van der Waals surface area contributed by atoms with Gasteiger partial charge in [-0.1, -0.05) is 52.4 Å². The van der Waals surface area contributed by atoms with E-state index in [0.29, 0.717) is 18.6 Å². The van der Waals surface area contributed by atoms with E-state index < -0.39 is 0 Å². The molecule has 0 bridgehead atoms. The average molecular weight is 268 g/mol. The van der Waals surface area contributed by atoms with Crippen LogP contribution in [0, 0.1) is 0 Å². The normalized spacial score (nSPS) is 14.9. The molecule has 0 aromatic carbocycles. The molecule has 3 heteroatoms. The highest BCUT2D eigenvalue weighted by molar-refractivity contribution is 5.78. The molecule has 2 N–H and O–H groups in total. The Morgan fingerprint density at radius 2 is 1.63 bits per heavy atom. The number of nitrogens with one attached hydrogen (secondary N) is 2. The molecule has 0 saturated heterocycles. The SMILES string of the molecule is CCCCCC(CCCCC)NCC(=O)NC1CC1. The first-order chi connectivity index (χ1) is 9.26. The van der Waals surface area contributed by atoms with Crippen molar-refractivity contribution in [1.29, 1.82) is 0 Å². The molecule has 1 amide bonds. The number of rotatable bonds is 12. The van der Waals surface area contributed by atoms with E-state index in [9.17, 15) is 4.79 Å². The van der Waals surface area contributed by atoms with Crippen LogP contribution in [-0.4, -0.2) is 24.5 Å². The molecule has 3 nitrogen and oxygen atoms in total. The monoisotopic (exact) mass is 268 g/mol. The number of carbonyl (C=O) groups excluding carboxylic acids is 1. The maximum absolute atomic E-state index is 11.7. The van der Waals surface area contributed by atoms with E-state index in [1.54, 1.807) is 0 Å². The fourth-order valence-corrected chi connectivity index (χ4v) is 2.37. The smallest absolute Gasteiger partial charge is 0.234 e. The van der Waals surface area contributed by atoms with Crippen LogP contribution in [0.4, 0.5) is 0 Å².